The molecular formula is C18H26N2O. The van der Waals surface area contributed by atoms with E-state index in [1.807, 2.05) is 25.1 Å². The zero-order chi connectivity index (χ0) is 15.7. The summed E-state index contributed by atoms with van der Waals surface area (Å²) in [5.74, 6) is 5.73. The van der Waals surface area contributed by atoms with E-state index in [4.69, 9.17) is 5.73 Å². The van der Waals surface area contributed by atoms with Crippen molar-refractivity contribution in [2.45, 2.75) is 52.5 Å². The predicted octanol–water partition coefficient (Wildman–Crippen LogP) is 3.00. The van der Waals surface area contributed by atoms with Gasteiger partial charge in [0.15, 0.2) is 0 Å². The molecule has 1 rings (SSSR count). The maximum absolute atomic E-state index is 12.4. The minimum atomic E-state index is -0.0518. The summed E-state index contributed by atoms with van der Waals surface area (Å²) in [6.45, 7) is 6.50. The Labute approximate surface area is 128 Å². The summed E-state index contributed by atoms with van der Waals surface area (Å²) < 4.78 is 0. The Bertz CT molecular complexity index is 526. The first-order valence-corrected chi connectivity index (χ1v) is 7.69. The Balaban J connectivity index is 2.78. The van der Waals surface area contributed by atoms with Crippen LogP contribution < -0.4 is 11.1 Å². The molecule has 0 fully saturated rings. The number of rotatable bonds is 6. The molecule has 1 aromatic rings. The van der Waals surface area contributed by atoms with E-state index in [0.717, 1.165) is 24.0 Å². The Kier molecular flexibility index (Phi) is 7.56. The normalized spacial score (nSPS) is 11.4. The van der Waals surface area contributed by atoms with Crippen molar-refractivity contribution in [3.05, 3.63) is 34.9 Å². The Morgan fingerprint density at radius 1 is 1.38 bits per heavy atom. The lowest BCUT2D eigenvalue weighted by atomic mass is 10.0. The van der Waals surface area contributed by atoms with E-state index in [1.165, 1.54) is 12.8 Å². The van der Waals surface area contributed by atoms with Crippen LogP contribution in [-0.4, -0.2) is 18.5 Å². The van der Waals surface area contributed by atoms with E-state index in [1.54, 1.807) is 0 Å². The second kappa shape index (κ2) is 9.20. The molecule has 0 spiro atoms. The molecule has 3 heteroatoms. The molecule has 0 aliphatic rings. The number of carbonyl (C=O) groups is 1. The summed E-state index contributed by atoms with van der Waals surface area (Å²) >= 11 is 0. The highest BCUT2D eigenvalue weighted by Gasteiger charge is 2.13. The number of carbonyl (C=O) groups excluding carboxylic acids is 1. The first-order chi connectivity index (χ1) is 10.1. The molecule has 0 saturated carbocycles. The lowest BCUT2D eigenvalue weighted by molar-refractivity contribution is 0.0937. The van der Waals surface area contributed by atoms with Crippen LogP contribution in [0, 0.1) is 18.8 Å². The number of benzene rings is 1. The topological polar surface area (TPSA) is 55.1 Å². The zero-order valence-electron chi connectivity index (χ0n) is 13.3. The molecular weight excluding hydrogens is 260 g/mol. The molecule has 0 radical (unpaired) electrons. The summed E-state index contributed by atoms with van der Waals surface area (Å²) in [4.78, 5) is 12.4. The highest BCUT2D eigenvalue weighted by atomic mass is 16.1. The fraction of sp³-hybridized carbons (Fsp3) is 0.500. The van der Waals surface area contributed by atoms with Crippen LogP contribution in [0.15, 0.2) is 18.2 Å². The van der Waals surface area contributed by atoms with Gasteiger partial charge in [0.05, 0.1) is 12.1 Å². The fourth-order valence-corrected chi connectivity index (χ4v) is 2.18. The molecule has 3 nitrogen and oxygen atoms in total. The average molecular weight is 286 g/mol. The van der Waals surface area contributed by atoms with Crippen LogP contribution >= 0.6 is 0 Å². The van der Waals surface area contributed by atoms with Gasteiger partial charge in [-0.2, -0.15) is 0 Å². The van der Waals surface area contributed by atoms with E-state index in [2.05, 4.69) is 31.0 Å². The first-order valence-electron chi connectivity index (χ1n) is 7.69. The van der Waals surface area contributed by atoms with E-state index in [-0.39, 0.29) is 11.9 Å². The maximum Gasteiger partial charge on any atom is 0.252 e. The molecule has 1 aromatic carbocycles. The van der Waals surface area contributed by atoms with Crippen molar-refractivity contribution in [2.24, 2.45) is 5.73 Å². The van der Waals surface area contributed by atoms with E-state index in [0.29, 0.717) is 12.1 Å². The van der Waals surface area contributed by atoms with Crippen LogP contribution in [0.25, 0.3) is 0 Å². The quantitative estimate of drug-likeness (QED) is 0.624. The fourth-order valence-electron chi connectivity index (χ4n) is 2.18. The number of aryl methyl sites for hydroxylation is 1. The van der Waals surface area contributed by atoms with E-state index >= 15 is 0 Å². The van der Waals surface area contributed by atoms with Gasteiger partial charge in [0.25, 0.3) is 5.91 Å². The molecule has 1 amide bonds. The van der Waals surface area contributed by atoms with Gasteiger partial charge in [-0.05, 0) is 32.4 Å². The number of nitrogens with two attached hydrogens (primary N) is 1. The summed E-state index contributed by atoms with van der Waals surface area (Å²) in [6.07, 6.45) is 4.55. The van der Waals surface area contributed by atoms with E-state index < -0.39 is 0 Å². The van der Waals surface area contributed by atoms with E-state index in [9.17, 15) is 4.79 Å². The molecule has 0 aliphatic carbocycles. The predicted molar refractivity (Wildman–Crippen MR) is 88.2 cm³/mol. The SMILES string of the molecule is CCCCCC(C)NC(=O)c1cc(C)ccc1C#CCN. The number of nitrogens with one attached hydrogen (secondary N) is 1. The molecule has 1 unspecified atom stereocenters. The summed E-state index contributed by atoms with van der Waals surface area (Å²) in [5, 5.41) is 3.06. The van der Waals surface area contributed by atoms with Gasteiger partial charge in [0.1, 0.15) is 0 Å². The molecule has 0 aliphatic heterocycles. The van der Waals surface area contributed by atoms with Gasteiger partial charge in [-0.1, -0.05) is 49.7 Å². The van der Waals surface area contributed by atoms with Crippen molar-refractivity contribution in [2.75, 3.05) is 6.54 Å². The monoisotopic (exact) mass is 286 g/mol. The smallest absolute Gasteiger partial charge is 0.252 e. The lowest BCUT2D eigenvalue weighted by Crippen LogP contribution is -2.33. The molecule has 3 N–H and O–H groups in total. The van der Waals surface area contributed by atoms with Gasteiger partial charge in [0.2, 0.25) is 0 Å². The van der Waals surface area contributed by atoms with Crippen molar-refractivity contribution >= 4 is 5.91 Å². The minimum Gasteiger partial charge on any atom is -0.350 e. The molecule has 0 saturated heterocycles. The van der Waals surface area contributed by atoms with Crippen LogP contribution in [0.4, 0.5) is 0 Å². The summed E-state index contributed by atoms with van der Waals surface area (Å²) in [5.41, 5.74) is 7.84. The van der Waals surface area contributed by atoms with Crippen LogP contribution in [0.3, 0.4) is 0 Å². The second-order valence-corrected chi connectivity index (χ2v) is 5.43. The van der Waals surface area contributed by atoms with Gasteiger partial charge in [-0.25, -0.2) is 0 Å². The van der Waals surface area contributed by atoms with Gasteiger partial charge in [-0.3, -0.25) is 4.79 Å². The van der Waals surface area contributed by atoms with Crippen molar-refractivity contribution < 1.29 is 4.79 Å². The van der Waals surface area contributed by atoms with Gasteiger partial charge in [-0.15, -0.1) is 0 Å². The number of unbranched alkanes of at least 4 members (excludes halogenated alkanes) is 2. The Morgan fingerprint density at radius 2 is 2.14 bits per heavy atom. The molecule has 0 aromatic heterocycles. The molecule has 0 heterocycles. The third-order valence-corrected chi connectivity index (χ3v) is 3.36. The third kappa shape index (κ3) is 6.01. The molecule has 114 valence electrons. The Hall–Kier alpha value is -1.79. The first kappa shape index (κ1) is 17.3. The van der Waals surface area contributed by atoms with Gasteiger partial charge in [0, 0.05) is 11.6 Å². The number of hydrogen-bond acceptors (Lipinski definition) is 2. The highest BCUT2D eigenvalue weighted by molar-refractivity contribution is 5.97. The summed E-state index contributed by atoms with van der Waals surface area (Å²) in [6, 6.07) is 5.91. The van der Waals surface area contributed by atoms with Crippen molar-refractivity contribution in [3.63, 3.8) is 0 Å². The number of amides is 1. The van der Waals surface area contributed by atoms with Gasteiger partial charge < -0.3 is 11.1 Å². The standard InChI is InChI=1S/C18H26N2O/c1-4-5-6-8-15(3)20-18(21)17-13-14(2)10-11-16(17)9-7-12-19/h10-11,13,15H,4-6,8,12,19H2,1-3H3,(H,20,21). The summed E-state index contributed by atoms with van der Waals surface area (Å²) in [7, 11) is 0. The maximum atomic E-state index is 12.4. The molecule has 1 atom stereocenters. The zero-order valence-corrected chi connectivity index (χ0v) is 13.3. The third-order valence-electron chi connectivity index (χ3n) is 3.36. The van der Waals surface area contributed by atoms with Crippen molar-refractivity contribution in [1.82, 2.24) is 5.32 Å². The van der Waals surface area contributed by atoms with Crippen LogP contribution in [-0.2, 0) is 0 Å². The van der Waals surface area contributed by atoms with Crippen LogP contribution in [0.2, 0.25) is 0 Å². The average Bonchev–Trinajstić information content (AvgIpc) is 2.46. The second-order valence-electron chi connectivity index (χ2n) is 5.43. The molecule has 0 bridgehead atoms. The van der Waals surface area contributed by atoms with Crippen molar-refractivity contribution in [3.8, 4) is 11.8 Å². The number of hydrogen-bond donors (Lipinski definition) is 2. The van der Waals surface area contributed by atoms with Gasteiger partial charge >= 0.3 is 0 Å². The largest absolute Gasteiger partial charge is 0.350 e. The Morgan fingerprint density at radius 3 is 2.81 bits per heavy atom. The van der Waals surface area contributed by atoms with Crippen molar-refractivity contribution in [1.29, 1.82) is 0 Å². The molecule has 21 heavy (non-hydrogen) atoms. The van der Waals surface area contributed by atoms with Crippen LogP contribution in [0.1, 0.15) is 61.0 Å². The minimum absolute atomic E-state index is 0.0518. The van der Waals surface area contributed by atoms with Crippen LogP contribution in [0.5, 0.6) is 0 Å². The highest BCUT2D eigenvalue weighted by Crippen LogP contribution is 2.12. The lowest BCUT2D eigenvalue weighted by Gasteiger charge is -2.14.